The molecular formula is C5HN5O5. The Bertz CT molecular complexity index is 596. The molecule has 0 bridgehead atoms. The number of hydrogen-bond acceptors (Lipinski definition) is 8. The molecule has 0 aliphatic rings. The molecule has 1 rings (SSSR count). The smallest absolute Gasteiger partial charge is 0.372 e. The fourth-order valence-corrected chi connectivity index (χ4v) is 0.677. The number of nitrogens with one attached hydrogen (secondary N) is 1. The van der Waals surface area contributed by atoms with E-state index in [2.05, 4.69) is 14.6 Å². The zero-order valence-corrected chi connectivity index (χ0v) is 6.83. The number of rotatable bonds is 2. The van der Waals surface area contributed by atoms with E-state index in [0.29, 0.717) is 0 Å². The summed E-state index contributed by atoms with van der Waals surface area (Å²) in [7, 11) is 0. The number of carbonyl (C=O) groups excluding carboxylic acids is 2. The van der Waals surface area contributed by atoms with Gasteiger partial charge in [-0.2, -0.15) is 0 Å². The molecule has 1 heterocycles. The molecule has 0 radical (unpaired) electrons. The second-order valence-electron chi connectivity index (χ2n) is 1.96. The Hall–Kier alpha value is -2.83. The molecule has 15 heavy (non-hydrogen) atoms. The van der Waals surface area contributed by atoms with Crippen LogP contribution < -0.4 is 17.1 Å². The lowest BCUT2D eigenvalue weighted by molar-refractivity contribution is 0.326. The zero-order valence-electron chi connectivity index (χ0n) is 6.83. The van der Waals surface area contributed by atoms with E-state index < -0.39 is 17.1 Å². The number of isocyanates is 2. The minimum Gasteiger partial charge on any atom is -0.372 e. The second kappa shape index (κ2) is 3.92. The van der Waals surface area contributed by atoms with E-state index in [-0.39, 0.29) is 9.35 Å². The molecule has 0 atom stereocenters. The Morgan fingerprint density at radius 3 is 2.20 bits per heavy atom. The predicted molar refractivity (Wildman–Crippen MR) is 40.1 cm³/mol. The van der Waals surface area contributed by atoms with Crippen molar-refractivity contribution in [3.05, 3.63) is 26.7 Å². The van der Waals surface area contributed by atoms with Crippen molar-refractivity contribution >= 4 is 12.2 Å². The summed E-state index contributed by atoms with van der Waals surface area (Å²) >= 11 is 0. The lowest BCUT2D eigenvalue weighted by Gasteiger charge is -1.94. The second-order valence-corrected chi connectivity index (χ2v) is 1.96. The quantitative estimate of drug-likeness (QED) is 0.418. The molecule has 0 amide bonds. The van der Waals surface area contributed by atoms with Crippen LogP contribution in [0.1, 0.15) is 0 Å². The lowest BCUT2D eigenvalue weighted by Crippen LogP contribution is -2.43. The molecule has 0 aromatic carbocycles. The van der Waals surface area contributed by atoms with Gasteiger partial charge in [-0.1, -0.05) is 14.9 Å². The van der Waals surface area contributed by atoms with Crippen LogP contribution in [-0.4, -0.2) is 21.5 Å². The number of hydrogen-bond donors (Lipinski definition) is 1. The van der Waals surface area contributed by atoms with Gasteiger partial charge in [0.2, 0.25) is 0 Å². The highest BCUT2D eigenvalue weighted by Gasteiger charge is 2.08. The van der Waals surface area contributed by atoms with Crippen molar-refractivity contribution in [1.82, 2.24) is 9.35 Å². The molecule has 0 saturated carbocycles. The van der Waals surface area contributed by atoms with E-state index in [1.807, 2.05) is 0 Å². The zero-order chi connectivity index (χ0) is 11.4. The van der Waals surface area contributed by atoms with Crippen LogP contribution in [0.5, 0.6) is 0 Å². The summed E-state index contributed by atoms with van der Waals surface area (Å²) in [6.07, 6.45) is 1.87. The molecular weight excluding hydrogens is 210 g/mol. The molecule has 1 aromatic rings. The first kappa shape index (κ1) is 10.3. The molecule has 0 spiro atoms. The maximum Gasteiger partial charge on any atom is 0.448 e. The molecule has 0 aliphatic heterocycles. The molecule has 1 aromatic heterocycles. The van der Waals surface area contributed by atoms with E-state index >= 15 is 0 Å². The van der Waals surface area contributed by atoms with Gasteiger partial charge in [0.05, 0.1) is 0 Å². The molecule has 0 aliphatic carbocycles. The highest BCUT2D eigenvalue weighted by Crippen LogP contribution is 1.67. The fraction of sp³-hybridized carbons (Fsp3) is 0. The Morgan fingerprint density at radius 1 is 1.13 bits per heavy atom. The first-order valence-corrected chi connectivity index (χ1v) is 3.22. The van der Waals surface area contributed by atoms with Gasteiger partial charge in [0.1, 0.15) is 0 Å². The molecule has 10 nitrogen and oxygen atoms in total. The van der Waals surface area contributed by atoms with Crippen molar-refractivity contribution in [2.75, 3.05) is 0 Å². The van der Waals surface area contributed by atoms with Crippen LogP contribution in [0.25, 0.3) is 0 Å². The molecule has 10 heteroatoms. The highest BCUT2D eigenvalue weighted by molar-refractivity contribution is 5.33. The summed E-state index contributed by atoms with van der Waals surface area (Å²) in [6, 6.07) is 0. The topological polar surface area (TPSA) is 140 Å². The van der Waals surface area contributed by atoms with E-state index in [9.17, 15) is 19.2 Å². The van der Waals surface area contributed by atoms with E-state index in [0.717, 1.165) is 12.2 Å². The third-order valence-corrected chi connectivity index (χ3v) is 1.19. The van der Waals surface area contributed by atoms with Gasteiger partial charge in [-0.05, 0) is 0 Å². The van der Waals surface area contributed by atoms with Gasteiger partial charge >= 0.3 is 17.1 Å². The molecule has 76 valence electrons. The maximum atomic E-state index is 11.2. The van der Waals surface area contributed by atoms with Gasteiger partial charge < -0.3 is 4.42 Å². The van der Waals surface area contributed by atoms with Gasteiger partial charge in [0.15, 0.2) is 0 Å². The summed E-state index contributed by atoms with van der Waals surface area (Å²) in [4.78, 5) is 41.7. The highest BCUT2D eigenvalue weighted by atomic mass is 16.4. The Morgan fingerprint density at radius 2 is 1.67 bits per heavy atom. The summed E-state index contributed by atoms with van der Waals surface area (Å²) in [6.45, 7) is 0. The van der Waals surface area contributed by atoms with Crippen molar-refractivity contribution in [3.63, 3.8) is 0 Å². The van der Waals surface area contributed by atoms with Crippen molar-refractivity contribution in [2.45, 2.75) is 0 Å². The lowest BCUT2D eigenvalue weighted by atomic mass is 11.0. The van der Waals surface area contributed by atoms with Crippen LogP contribution in [0.15, 0.2) is 24.2 Å². The molecule has 0 saturated heterocycles. The summed E-state index contributed by atoms with van der Waals surface area (Å²) in [5, 5.41) is 12.4. The van der Waals surface area contributed by atoms with Gasteiger partial charge in [-0.25, -0.2) is 24.6 Å². The molecule has 0 unspecified atom stereocenters. The standard InChI is InChI=1S/C5HN5O5/c6-3-9(7-1-11)4(13)10(8-2-12)5(14)15-3/h6H. The van der Waals surface area contributed by atoms with Crippen molar-refractivity contribution in [3.8, 4) is 0 Å². The van der Waals surface area contributed by atoms with Crippen LogP contribution in [0.4, 0.5) is 0 Å². The predicted octanol–water partition coefficient (Wildman–Crippen LogP) is -2.72. The van der Waals surface area contributed by atoms with E-state index in [1.165, 1.54) is 0 Å². The van der Waals surface area contributed by atoms with Gasteiger partial charge in [0, 0.05) is 0 Å². The first-order valence-electron chi connectivity index (χ1n) is 3.22. The summed E-state index contributed by atoms with van der Waals surface area (Å²) < 4.78 is 4.16. The Labute approximate surface area is 78.9 Å². The SMILES string of the molecule is N=c1oc(=O)n(N=C=O)c(=O)n1N=C=O. The third-order valence-electron chi connectivity index (χ3n) is 1.19. The minimum atomic E-state index is -1.37. The third kappa shape index (κ3) is 1.75. The van der Waals surface area contributed by atoms with E-state index in [1.54, 1.807) is 0 Å². The Kier molecular flexibility index (Phi) is 2.68. The number of nitrogens with zero attached hydrogens (tertiary/aromatic N) is 4. The number of aromatic nitrogens is 2. The first-order chi connectivity index (χ1) is 7.11. The largest absolute Gasteiger partial charge is 0.448 e. The van der Waals surface area contributed by atoms with Gasteiger partial charge in [-0.3, -0.25) is 0 Å². The van der Waals surface area contributed by atoms with E-state index in [4.69, 9.17) is 5.41 Å². The average Bonchev–Trinajstić information content (AvgIpc) is 2.19. The summed E-state index contributed by atoms with van der Waals surface area (Å²) in [5.74, 6) is -1.37. The van der Waals surface area contributed by atoms with Gasteiger partial charge in [-0.15, -0.1) is 4.68 Å². The maximum absolute atomic E-state index is 11.2. The van der Waals surface area contributed by atoms with Gasteiger partial charge in [0.25, 0.3) is 12.2 Å². The molecule has 1 N–H and O–H groups in total. The normalized spacial score (nSPS) is 8.80. The Balaban J connectivity index is 3.88. The molecule has 0 fully saturated rings. The van der Waals surface area contributed by atoms with Crippen LogP contribution in [-0.2, 0) is 9.59 Å². The van der Waals surface area contributed by atoms with Crippen LogP contribution in [0.3, 0.4) is 0 Å². The monoisotopic (exact) mass is 211 g/mol. The minimum absolute atomic E-state index is 0.0497. The van der Waals surface area contributed by atoms with Crippen LogP contribution in [0, 0.1) is 5.41 Å². The average molecular weight is 211 g/mol. The summed E-state index contributed by atoms with van der Waals surface area (Å²) in [5.41, 5.74) is -2.31. The van der Waals surface area contributed by atoms with Crippen molar-refractivity contribution in [2.24, 2.45) is 10.2 Å². The van der Waals surface area contributed by atoms with Crippen molar-refractivity contribution in [1.29, 1.82) is 5.41 Å². The van der Waals surface area contributed by atoms with Crippen LogP contribution >= 0.6 is 0 Å². The van der Waals surface area contributed by atoms with Crippen LogP contribution in [0.2, 0.25) is 0 Å². The van der Waals surface area contributed by atoms with Crippen molar-refractivity contribution < 1.29 is 14.0 Å². The fourth-order valence-electron chi connectivity index (χ4n) is 0.677.